The van der Waals surface area contributed by atoms with Crippen molar-refractivity contribution in [2.24, 2.45) is 17.6 Å². The second kappa shape index (κ2) is 7.20. The van der Waals surface area contributed by atoms with Crippen LogP contribution in [0.25, 0.3) is 0 Å². The lowest BCUT2D eigenvalue weighted by Gasteiger charge is -2.37. The van der Waals surface area contributed by atoms with Crippen LogP contribution in [0, 0.1) is 11.8 Å². The van der Waals surface area contributed by atoms with Crippen molar-refractivity contribution >= 4 is 17.5 Å². The van der Waals surface area contributed by atoms with E-state index in [1.165, 1.54) is 6.42 Å². The molecule has 1 aromatic rings. The number of pyridine rings is 1. The van der Waals surface area contributed by atoms with Gasteiger partial charge in [0.2, 0.25) is 5.91 Å². The minimum Gasteiger partial charge on any atom is -0.371 e. The summed E-state index contributed by atoms with van der Waals surface area (Å²) in [5.74, 6) is 0.561. The summed E-state index contributed by atoms with van der Waals surface area (Å²) >= 11 is 0. The Balaban J connectivity index is 1.58. The van der Waals surface area contributed by atoms with Gasteiger partial charge in [0.05, 0.1) is 0 Å². The van der Waals surface area contributed by atoms with E-state index < -0.39 is 5.91 Å². The van der Waals surface area contributed by atoms with Crippen LogP contribution in [0.15, 0.2) is 18.3 Å². The number of hydrogen-bond donors (Lipinski definition) is 1. The Morgan fingerprint density at radius 2 is 1.96 bits per heavy atom. The minimum atomic E-state index is -0.513. The van der Waals surface area contributed by atoms with Gasteiger partial charge < -0.3 is 15.5 Å². The van der Waals surface area contributed by atoms with Crippen LogP contribution in [0.2, 0.25) is 0 Å². The van der Waals surface area contributed by atoms with Gasteiger partial charge in [-0.2, -0.15) is 0 Å². The molecular formula is C18H26N4O2. The monoisotopic (exact) mass is 330 g/mol. The van der Waals surface area contributed by atoms with Gasteiger partial charge in [0.15, 0.2) is 0 Å². The smallest absolute Gasteiger partial charge is 0.267 e. The van der Waals surface area contributed by atoms with E-state index in [2.05, 4.69) is 21.7 Å². The van der Waals surface area contributed by atoms with E-state index in [-0.39, 0.29) is 11.6 Å². The Morgan fingerprint density at radius 3 is 2.62 bits per heavy atom. The van der Waals surface area contributed by atoms with Crippen molar-refractivity contribution < 1.29 is 9.59 Å². The van der Waals surface area contributed by atoms with Crippen molar-refractivity contribution in [2.45, 2.75) is 32.6 Å². The number of nitrogens with two attached hydrogens (primary N) is 1. The van der Waals surface area contributed by atoms with Crippen molar-refractivity contribution in [3.05, 3.63) is 24.0 Å². The summed E-state index contributed by atoms with van der Waals surface area (Å²) in [5.41, 5.74) is 6.54. The number of rotatable bonds is 3. The van der Waals surface area contributed by atoms with E-state index in [0.29, 0.717) is 11.8 Å². The second-order valence-electron chi connectivity index (χ2n) is 7.06. The maximum Gasteiger partial charge on any atom is 0.267 e. The summed E-state index contributed by atoms with van der Waals surface area (Å²) in [6, 6.07) is 3.62. The maximum absolute atomic E-state index is 12.7. The highest BCUT2D eigenvalue weighted by Crippen LogP contribution is 2.26. The summed E-state index contributed by atoms with van der Waals surface area (Å²) in [7, 11) is 0. The molecule has 2 fully saturated rings. The molecule has 0 spiro atoms. The summed E-state index contributed by atoms with van der Waals surface area (Å²) in [5, 5.41) is 0. The topological polar surface area (TPSA) is 79.5 Å². The molecule has 2 N–H and O–H groups in total. The first-order chi connectivity index (χ1) is 11.5. The molecule has 6 heteroatoms. The third kappa shape index (κ3) is 3.68. The van der Waals surface area contributed by atoms with Crippen LogP contribution in [0.5, 0.6) is 0 Å². The minimum absolute atomic E-state index is 0.129. The SMILES string of the molecule is CC1CCCN(C(=O)C2CCN(c3ccnc(C(N)=O)c3)CC2)C1. The Labute approximate surface area is 143 Å². The number of hydrogen-bond acceptors (Lipinski definition) is 4. The van der Waals surface area contributed by atoms with Gasteiger partial charge in [-0.3, -0.25) is 14.6 Å². The van der Waals surface area contributed by atoms with E-state index in [0.717, 1.165) is 51.1 Å². The summed E-state index contributed by atoms with van der Waals surface area (Å²) in [6.45, 7) is 5.69. The molecular weight excluding hydrogens is 304 g/mol. The molecule has 1 unspecified atom stereocenters. The lowest BCUT2D eigenvalue weighted by molar-refractivity contribution is -0.137. The van der Waals surface area contributed by atoms with Gasteiger partial charge in [0.1, 0.15) is 5.69 Å². The number of amides is 2. The van der Waals surface area contributed by atoms with Gasteiger partial charge in [-0.25, -0.2) is 0 Å². The number of aromatic nitrogens is 1. The van der Waals surface area contributed by atoms with Crippen LogP contribution in [-0.2, 0) is 4.79 Å². The third-order valence-electron chi connectivity index (χ3n) is 5.17. The molecule has 1 atom stereocenters. The van der Waals surface area contributed by atoms with Crippen molar-refractivity contribution in [2.75, 3.05) is 31.1 Å². The molecule has 6 nitrogen and oxygen atoms in total. The Morgan fingerprint density at radius 1 is 1.21 bits per heavy atom. The van der Waals surface area contributed by atoms with E-state index in [1.807, 2.05) is 6.07 Å². The van der Waals surface area contributed by atoms with Gasteiger partial charge in [-0.05, 0) is 43.7 Å². The fourth-order valence-electron chi connectivity index (χ4n) is 3.78. The van der Waals surface area contributed by atoms with Crippen LogP contribution in [0.1, 0.15) is 43.1 Å². The van der Waals surface area contributed by atoms with Crippen LogP contribution in [0.4, 0.5) is 5.69 Å². The van der Waals surface area contributed by atoms with E-state index in [1.54, 1.807) is 12.3 Å². The van der Waals surface area contributed by atoms with Crippen molar-refractivity contribution in [1.82, 2.24) is 9.88 Å². The lowest BCUT2D eigenvalue weighted by atomic mass is 9.92. The van der Waals surface area contributed by atoms with Crippen molar-refractivity contribution in [3.63, 3.8) is 0 Å². The standard InChI is InChI=1S/C18H26N4O2/c1-13-3-2-8-22(12-13)18(24)14-5-9-21(10-6-14)15-4-7-20-16(11-15)17(19)23/h4,7,11,13-14H,2-3,5-6,8-10,12H2,1H3,(H2,19,23). The van der Waals surface area contributed by atoms with Gasteiger partial charge in [0, 0.05) is 44.0 Å². The van der Waals surface area contributed by atoms with Gasteiger partial charge >= 0.3 is 0 Å². The fourth-order valence-corrected chi connectivity index (χ4v) is 3.78. The molecule has 0 saturated carbocycles. The molecule has 130 valence electrons. The Kier molecular flexibility index (Phi) is 5.02. The number of carbonyl (C=O) groups is 2. The predicted molar refractivity (Wildman–Crippen MR) is 92.7 cm³/mol. The Hall–Kier alpha value is -2.11. The molecule has 3 heterocycles. The number of piperidine rings is 2. The average Bonchev–Trinajstić information content (AvgIpc) is 2.61. The second-order valence-corrected chi connectivity index (χ2v) is 7.06. The largest absolute Gasteiger partial charge is 0.371 e. The molecule has 24 heavy (non-hydrogen) atoms. The number of anilines is 1. The van der Waals surface area contributed by atoms with E-state index in [9.17, 15) is 9.59 Å². The van der Waals surface area contributed by atoms with E-state index in [4.69, 9.17) is 5.73 Å². The highest BCUT2D eigenvalue weighted by Gasteiger charge is 2.30. The van der Waals surface area contributed by atoms with Crippen molar-refractivity contribution in [1.29, 1.82) is 0 Å². The number of primary amides is 1. The fraction of sp³-hybridized carbons (Fsp3) is 0.611. The van der Waals surface area contributed by atoms with Gasteiger partial charge in [-0.15, -0.1) is 0 Å². The molecule has 0 bridgehead atoms. The predicted octanol–water partition coefficient (Wildman–Crippen LogP) is 1.66. The molecule has 1 aromatic heterocycles. The van der Waals surface area contributed by atoms with Gasteiger partial charge in [-0.1, -0.05) is 6.92 Å². The zero-order valence-corrected chi connectivity index (χ0v) is 14.3. The van der Waals surface area contributed by atoms with Crippen LogP contribution >= 0.6 is 0 Å². The maximum atomic E-state index is 12.7. The molecule has 2 saturated heterocycles. The highest BCUT2D eigenvalue weighted by atomic mass is 16.2. The quantitative estimate of drug-likeness (QED) is 0.914. The number of carbonyl (C=O) groups excluding carboxylic acids is 2. The van der Waals surface area contributed by atoms with Crippen LogP contribution in [-0.4, -0.2) is 47.9 Å². The van der Waals surface area contributed by atoms with E-state index >= 15 is 0 Å². The zero-order valence-electron chi connectivity index (χ0n) is 14.3. The molecule has 2 aliphatic rings. The first-order valence-electron chi connectivity index (χ1n) is 8.84. The zero-order chi connectivity index (χ0) is 17.1. The lowest BCUT2D eigenvalue weighted by Crippen LogP contribution is -2.46. The van der Waals surface area contributed by atoms with Crippen LogP contribution < -0.4 is 10.6 Å². The molecule has 2 aliphatic heterocycles. The molecule has 0 aromatic carbocycles. The highest BCUT2D eigenvalue weighted by molar-refractivity contribution is 5.91. The number of nitrogens with zero attached hydrogens (tertiary/aromatic N) is 3. The average molecular weight is 330 g/mol. The summed E-state index contributed by atoms with van der Waals surface area (Å²) in [6.07, 6.45) is 5.68. The first-order valence-corrected chi connectivity index (χ1v) is 8.84. The normalized spacial score (nSPS) is 22.5. The van der Waals surface area contributed by atoms with Crippen molar-refractivity contribution in [3.8, 4) is 0 Å². The third-order valence-corrected chi connectivity index (χ3v) is 5.17. The Bertz CT molecular complexity index is 611. The molecule has 3 rings (SSSR count). The molecule has 0 radical (unpaired) electrons. The van der Waals surface area contributed by atoms with Gasteiger partial charge in [0.25, 0.3) is 5.91 Å². The summed E-state index contributed by atoms with van der Waals surface area (Å²) < 4.78 is 0. The first kappa shape index (κ1) is 16.7. The van der Waals surface area contributed by atoms with Crippen LogP contribution in [0.3, 0.4) is 0 Å². The number of likely N-dealkylation sites (tertiary alicyclic amines) is 1. The molecule has 0 aliphatic carbocycles. The summed E-state index contributed by atoms with van der Waals surface area (Å²) in [4.78, 5) is 32.2. The molecule has 2 amide bonds.